The molecular formula is C19H14N4O2S2. The highest BCUT2D eigenvalue weighted by Crippen LogP contribution is 2.42. The zero-order valence-electron chi connectivity index (χ0n) is 14.1. The van der Waals surface area contributed by atoms with Gasteiger partial charge in [0.15, 0.2) is 10.8 Å². The monoisotopic (exact) mass is 394 g/mol. The normalized spacial score (nSPS) is 13.6. The highest BCUT2D eigenvalue weighted by atomic mass is 32.1. The first-order valence-corrected chi connectivity index (χ1v) is 10.2. The summed E-state index contributed by atoms with van der Waals surface area (Å²) < 4.78 is 5.45. The first-order chi connectivity index (χ1) is 13.3. The van der Waals surface area contributed by atoms with E-state index in [-0.39, 0.29) is 5.91 Å². The van der Waals surface area contributed by atoms with Gasteiger partial charge in [-0.2, -0.15) is 0 Å². The van der Waals surface area contributed by atoms with E-state index in [1.165, 1.54) is 22.7 Å². The molecule has 6 nitrogen and oxygen atoms in total. The average molecular weight is 394 g/mol. The number of nitrogens with one attached hydrogen (secondary N) is 1. The fourth-order valence-corrected chi connectivity index (χ4v) is 4.56. The molecule has 1 saturated carbocycles. The van der Waals surface area contributed by atoms with E-state index in [0.717, 1.165) is 23.4 Å². The molecule has 0 spiro atoms. The van der Waals surface area contributed by atoms with Crippen molar-refractivity contribution in [3.63, 3.8) is 0 Å². The maximum atomic E-state index is 13.0. The number of hydrogen-bond donors (Lipinski definition) is 1. The van der Waals surface area contributed by atoms with Crippen LogP contribution in [0.3, 0.4) is 0 Å². The Bertz CT molecular complexity index is 1080. The molecule has 0 radical (unpaired) electrons. The van der Waals surface area contributed by atoms with Crippen molar-refractivity contribution < 1.29 is 9.21 Å². The maximum absolute atomic E-state index is 13.0. The fourth-order valence-electron chi connectivity index (χ4n) is 2.71. The highest BCUT2D eigenvalue weighted by Gasteiger charge is 2.28. The van der Waals surface area contributed by atoms with Crippen LogP contribution in [0.2, 0.25) is 0 Å². The molecule has 8 heteroatoms. The van der Waals surface area contributed by atoms with Crippen LogP contribution < -0.4 is 5.32 Å². The van der Waals surface area contributed by atoms with Crippen molar-refractivity contribution in [3.8, 4) is 22.0 Å². The van der Waals surface area contributed by atoms with Crippen molar-refractivity contribution >= 4 is 33.7 Å². The van der Waals surface area contributed by atoms with Gasteiger partial charge in [-0.3, -0.25) is 10.1 Å². The van der Waals surface area contributed by atoms with Gasteiger partial charge >= 0.3 is 0 Å². The summed E-state index contributed by atoms with van der Waals surface area (Å²) >= 11 is 2.75. The minimum Gasteiger partial charge on any atom is -0.462 e. The van der Waals surface area contributed by atoms with E-state index in [0.29, 0.717) is 32.4 Å². The Hall–Kier alpha value is -2.84. The molecule has 3 heterocycles. The van der Waals surface area contributed by atoms with E-state index in [1.807, 2.05) is 36.4 Å². The summed E-state index contributed by atoms with van der Waals surface area (Å²) in [6.45, 7) is 0. The first-order valence-electron chi connectivity index (χ1n) is 8.53. The zero-order chi connectivity index (χ0) is 18.2. The van der Waals surface area contributed by atoms with Crippen LogP contribution in [0.5, 0.6) is 0 Å². The van der Waals surface area contributed by atoms with Crippen LogP contribution in [0.25, 0.3) is 22.0 Å². The van der Waals surface area contributed by atoms with Gasteiger partial charge in [0.2, 0.25) is 5.13 Å². The van der Waals surface area contributed by atoms with E-state index < -0.39 is 0 Å². The molecule has 0 atom stereocenters. The number of thiazole rings is 1. The number of anilines is 1. The lowest BCUT2D eigenvalue weighted by Gasteiger charge is -2.02. The van der Waals surface area contributed by atoms with Gasteiger partial charge in [0.1, 0.15) is 9.88 Å². The number of carbonyl (C=O) groups excluding carboxylic acids is 1. The number of nitrogens with zero attached hydrogens (tertiary/aromatic N) is 3. The predicted octanol–water partition coefficient (Wildman–Crippen LogP) is 5.05. The second-order valence-corrected chi connectivity index (χ2v) is 8.22. The molecule has 134 valence electrons. The molecule has 0 unspecified atom stereocenters. The first kappa shape index (κ1) is 16.3. The molecule has 1 N–H and O–H groups in total. The maximum Gasteiger partial charge on any atom is 0.269 e. The summed E-state index contributed by atoms with van der Waals surface area (Å²) in [6.07, 6.45) is 3.91. The summed E-state index contributed by atoms with van der Waals surface area (Å²) in [4.78, 5) is 18.1. The lowest BCUT2D eigenvalue weighted by atomic mass is 10.1. The Kier molecular flexibility index (Phi) is 4.06. The van der Waals surface area contributed by atoms with Crippen molar-refractivity contribution in [3.05, 3.63) is 58.6 Å². The van der Waals surface area contributed by atoms with Crippen molar-refractivity contribution in [2.75, 3.05) is 5.32 Å². The summed E-state index contributed by atoms with van der Waals surface area (Å²) in [5, 5.41) is 13.3. The molecule has 4 aromatic rings. The lowest BCUT2D eigenvalue weighted by molar-refractivity contribution is 0.103. The molecule has 5 rings (SSSR count). The molecule has 1 fully saturated rings. The number of amides is 1. The Morgan fingerprint density at radius 2 is 1.93 bits per heavy atom. The Balaban J connectivity index is 1.50. The number of hydrogen-bond acceptors (Lipinski definition) is 7. The van der Waals surface area contributed by atoms with E-state index in [1.54, 1.807) is 12.3 Å². The van der Waals surface area contributed by atoms with Crippen LogP contribution in [0.15, 0.2) is 53.1 Å². The lowest BCUT2D eigenvalue weighted by Crippen LogP contribution is -2.11. The Morgan fingerprint density at radius 3 is 2.67 bits per heavy atom. The van der Waals surface area contributed by atoms with Gasteiger partial charge in [-0.1, -0.05) is 41.7 Å². The van der Waals surface area contributed by atoms with Crippen molar-refractivity contribution in [1.82, 2.24) is 15.2 Å². The van der Waals surface area contributed by atoms with E-state index in [2.05, 4.69) is 20.5 Å². The Morgan fingerprint density at radius 1 is 1.07 bits per heavy atom. The molecule has 0 aliphatic heterocycles. The van der Waals surface area contributed by atoms with Crippen molar-refractivity contribution in [2.45, 2.75) is 18.8 Å². The molecular weight excluding hydrogens is 380 g/mol. The number of furan rings is 1. The van der Waals surface area contributed by atoms with E-state index in [4.69, 9.17) is 4.42 Å². The highest BCUT2D eigenvalue weighted by molar-refractivity contribution is 7.18. The van der Waals surface area contributed by atoms with Crippen LogP contribution in [0, 0.1) is 0 Å². The number of carbonyl (C=O) groups is 1. The molecule has 0 bridgehead atoms. The quantitative estimate of drug-likeness (QED) is 0.512. The minimum absolute atomic E-state index is 0.234. The van der Waals surface area contributed by atoms with E-state index >= 15 is 0 Å². The zero-order valence-corrected chi connectivity index (χ0v) is 15.7. The van der Waals surface area contributed by atoms with Crippen LogP contribution >= 0.6 is 22.7 Å². The standard InChI is InChI=1S/C19H14N4O2S2/c24-16(21-19-23-22-17(27-19)12-8-9-12)15-14(11-5-2-1-3-6-11)20-18(26-15)13-7-4-10-25-13/h1-7,10,12H,8-9H2,(H,21,23,24). The largest absolute Gasteiger partial charge is 0.462 e. The smallest absolute Gasteiger partial charge is 0.269 e. The van der Waals surface area contributed by atoms with Gasteiger partial charge in [-0.25, -0.2) is 4.98 Å². The SMILES string of the molecule is O=C(Nc1nnc(C2CC2)s1)c1sc(-c2ccco2)nc1-c1ccccc1. The van der Waals surface area contributed by atoms with E-state index in [9.17, 15) is 4.79 Å². The van der Waals surface area contributed by atoms with Gasteiger partial charge in [-0.15, -0.1) is 21.5 Å². The second-order valence-electron chi connectivity index (χ2n) is 6.21. The predicted molar refractivity (Wildman–Crippen MR) is 105 cm³/mol. The van der Waals surface area contributed by atoms with Gasteiger partial charge in [0.25, 0.3) is 5.91 Å². The Labute approximate surface area is 162 Å². The summed E-state index contributed by atoms with van der Waals surface area (Å²) in [7, 11) is 0. The molecule has 27 heavy (non-hydrogen) atoms. The van der Waals surface area contributed by atoms with Crippen LogP contribution in [0.4, 0.5) is 5.13 Å². The molecule has 1 aliphatic carbocycles. The fraction of sp³-hybridized carbons (Fsp3) is 0.158. The summed E-state index contributed by atoms with van der Waals surface area (Å²) in [5.41, 5.74) is 1.52. The number of rotatable bonds is 5. The van der Waals surface area contributed by atoms with Gasteiger partial charge in [0.05, 0.1) is 12.0 Å². The summed E-state index contributed by atoms with van der Waals surface area (Å²) in [6, 6.07) is 13.3. The molecule has 1 aliphatic rings. The van der Waals surface area contributed by atoms with Crippen LogP contribution in [-0.2, 0) is 0 Å². The summed E-state index contributed by atoms with van der Waals surface area (Å²) in [5.74, 6) is 0.924. The average Bonchev–Trinajstić information content (AvgIpc) is 3.11. The minimum atomic E-state index is -0.234. The second kappa shape index (κ2) is 6.71. The third-order valence-electron chi connectivity index (χ3n) is 4.20. The number of benzene rings is 1. The van der Waals surface area contributed by atoms with Crippen molar-refractivity contribution in [2.24, 2.45) is 0 Å². The van der Waals surface area contributed by atoms with Crippen LogP contribution in [-0.4, -0.2) is 21.1 Å². The van der Waals surface area contributed by atoms with Gasteiger partial charge in [0, 0.05) is 11.5 Å². The molecule has 1 amide bonds. The molecule has 1 aromatic carbocycles. The third kappa shape index (κ3) is 3.29. The van der Waals surface area contributed by atoms with Crippen LogP contribution in [0.1, 0.15) is 33.4 Å². The number of aromatic nitrogens is 3. The van der Waals surface area contributed by atoms with Crippen molar-refractivity contribution in [1.29, 1.82) is 0 Å². The third-order valence-corrected chi connectivity index (χ3v) is 6.27. The topological polar surface area (TPSA) is 80.9 Å². The molecule has 3 aromatic heterocycles. The molecule has 0 saturated heterocycles. The van der Waals surface area contributed by atoms with Gasteiger partial charge < -0.3 is 4.42 Å². The van der Waals surface area contributed by atoms with Gasteiger partial charge in [-0.05, 0) is 25.0 Å².